The van der Waals surface area contributed by atoms with Crippen LogP contribution < -0.4 is 5.73 Å². The fraction of sp³-hybridized carbons (Fsp3) is 0.900. The third-order valence-corrected chi connectivity index (χ3v) is 2.75. The van der Waals surface area contributed by atoms with Crippen molar-refractivity contribution in [3.8, 4) is 0 Å². The molecule has 5 nitrogen and oxygen atoms in total. The molecular weight excluding hydrogens is 196 g/mol. The number of nitrogens with zero attached hydrogens (tertiary/aromatic N) is 1. The number of carbonyl (C=O) groups excluding carboxylic acids is 1. The molecule has 0 aromatic carbocycles. The van der Waals surface area contributed by atoms with E-state index in [2.05, 4.69) is 0 Å². The summed E-state index contributed by atoms with van der Waals surface area (Å²) in [5, 5.41) is 9.38. The highest BCUT2D eigenvalue weighted by atomic mass is 16.5. The summed E-state index contributed by atoms with van der Waals surface area (Å²) in [4.78, 5) is 13.3. The molecule has 0 spiro atoms. The number of nitrogens with two attached hydrogens (primary N) is 1. The molecule has 5 heteroatoms. The molecular formula is C10H20N2O3. The van der Waals surface area contributed by atoms with Crippen molar-refractivity contribution in [1.82, 2.24) is 4.90 Å². The molecule has 15 heavy (non-hydrogen) atoms. The van der Waals surface area contributed by atoms with E-state index in [4.69, 9.17) is 10.5 Å². The Morgan fingerprint density at radius 1 is 1.73 bits per heavy atom. The maximum absolute atomic E-state index is 11.6. The molecule has 0 aliphatic carbocycles. The second-order valence-corrected chi connectivity index (χ2v) is 3.97. The molecule has 1 amide bonds. The van der Waals surface area contributed by atoms with E-state index in [0.717, 1.165) is 13.0 Å². The van der Waals surface area contributed by atoms with E-state index < -0.39 is 0 Å². The smallest absolute Gasteiger partial charge is 0.248 e. The molecule has 1 fully saturated rings. The molecule has 2 unspecified atom stereocenters. The number of aliphatic hydroxyl groups is 1. The number of hydrogen-bond donors (Lipinski definition) is 2. The lowest BCUT2D eigenvalue weighted by Gasteiger charge is -2.17. The van der Waals surface area contributed by atoms with Crippen molar-refractivity contribution >= 4 is 5.91 Å². The molecule has 0 saturated carbocycles. The highest BCUT2D eigenvalue weighted by Gasteiger charge is 2.28. The lowest BCUT2D eigenvalue weighted by Crippen LogP contribution is -2.33. The third-order valence-electron chi connectivity index (χ3n) is 2.75. The Hall–Kier alpha value is -0.650. The quantitative estimate of drug-likeness (QED) is 0.589. The van der Waals surface area contributed by atoms with Gasteiger partial charge in [0, 0.05) is 25.6 Å². The zero-order valence-electron chi connectivity index (χ0n) is 9.19. The van der Waals surface area contributed by atoms with Crippen LogP contribution in [0.2, 0.25) is 0 Å². The van der Waals surface area contributed by atoms with Gasteiger partial charge in [0.25, 0.3) is 0 Å². The summed E-state index contributed by atoms with van der Waals surface area (Å²) in [6, 6.07) is 0. The van der Waals surface area contributed by atoms with Gasteiger partial charge in [0.15, 0.2) is 0 Å². The minimum Gasteiger partial charge on any atom is -0.393 e. The average molecular weight is 216 g/mol. The Balaban J connectivity index is 2.24. The Bertz CT molecular complexity index is 209. The summed E-state index contributed by atoms with van der Waals surface area (Å²) in [7, 11) is 0. The summed E-state index contributed by atoms with van der Waals surface area (Å²) >= 11 is 0. The standard InChI is InChI=1S/C10H20N2O3/c1-8(13)9-2-4-12(6-9)10(14)7-15-5-3-11/h8-9,13H,2-7,11H2,1H3. The van der Waals surface area contributed by atoms with Crippen LogP contribution >= 0.6 is 0 Å². The minimum atomic E-state index is -0.340. The van der Waals surface area contributed by atoms with Gasteiger partial charge >= 0.3 is 0 Å². The van der Waals surface area contributed by atoms with E-state index in [1.807, 2.05) is 0 Å². The lowest BCUT2D eigenvalue weighted by atomic mass is 10.0. The highest BCUT2D eigenvalue weighted by Crippen LogP contribution is 2.19. The van der Waals surface area contributed by atoms with Gasteiger partial charge in [0.05, 0.1) is 12.7 Å². The van der Waals surface area contributed by atoms with Gasteiger partial charge in [-0.25, -0.2) is 0 Å². The fourth-order valence-electron chi connectivity index (χ4n) is 1.74. The van der Waals surface area contributed by atoms with Crippen molar-refractivity contribution in [2.45, 2.75) is 19.4 Å². The van der Waals surface area contributed by atoms with Gasteiger partial charge < -0.3 is 20.5 Å². The van der Waals surface area contributed by atoms with Crippen molar-refractivity contribution in [2.75, 3.05) is 32.8 Å². The summed E-state index contributed by atoms with van der Waals surface area (Å²) in [5.41, 5.74) is 5.25. The van der Waals surface area contributed by atoms with Crippen LogP contribution in [0.15, 0.2) is 0 Å². The number of hydrogen-bond acceptors (Lipinski definition) is 4. The van der Waals surface area contributed by atoms with Gasteiger partial charge in [0.1, 0.15) is 6.61 Å². The van der Waals surface area contributed by atoms with Crippen LogP contribution in [0.5, 0.6) is 0 Å². The summed E-state index contributed by atoms with van der Waals surface area (Å²) in [5.74, 6) is 0.204. The molecule has 1 saturated heterocycles. The lowest BCUT2D eigenvalue weighted by molar-refractivity contribution is -0.135. The van der Waals surface area contributed by atoms with E-state index >= 15 is 0 Å². The molecule has 0 radical (unpaired) electrons. The minimum absolute atomic E-state index is 0.00778. The van der Waals surface area contributed by atoms with Crippen LogP contribution in [0.25, 0.3) is 0 Å². The number of ether oxygens (including phenoxy) is 1. The SMILES string of the molecule is CC(O)C1CCN(C(=O)COCCN)C1. The topological polar surface area (TPSA) is 75.8 Å². The van der Waals surface area contributed by atoms with Gasteiger partial charge in [-0.05, 0) is 13.3 Å². The largest absolute Gasteiger partial charge is 0.393 e. The first-order valence-electron chi connectivity index (χ1n) is 5.38. The first-order chi connectivity index (χ1) is 7.15. The van der Waals surface area contributed by atoms with Crippen LogP contribution in [0, 0.1) is 5.92 Å². The van der Waals surface area contributed by atoms with Crippen LogP contribution in [0.1, 0.15) is 13.3 Å². The van der Waals surface area contributed by atoms with E-state index in [1.165, 1.54) is 0 Å². The van der Waals surface area contributed by atoms with Crippen molar-refractivity contribution < 1.29 is 14.6 Å². The maximum Gasteiger partial charge on any atom is 0.248 e. The summed E-state index contributed by atoms with van der Waals surface area (Å²) in [6.45, 7) is 4.08. The van der Waals surface area contributed by atoms with E-state index in [-0.39, 0.29) is 24.5 Å². The van der Waals surface area contributed by atoms with Crippen LogP contribution in [0.4, 0.5) is 0 Å². The predicted octanol–water partition coefficient (Wildman–Crippen LogP) is -0.809. The zero-order valence-corrected chi connectivity index (χ0v) is 9.19. The summed E-state index contributed by atoms with van der Waals surface area (Å²) < 4.78 is 5.07. The molecule has 3 N–H and O–H groups in total. The van der Waals surface area contributed by atoms with Gasteiger partial charge in [-0.3, -0.25) is 4.79 Å². The molecule has 0 aromatic heterocycles. The van der Waals surface area contributed by atoms with Gasteiger partial charge in [-0.2, -0.15) is 0 Å². The van der Waals surface area contributed by atoms with Gasteiger partial charge in [-0.15, -0.1) is 0 Å². The normalized spacial score (nSPS) is 23.1. The van der Waals surface area contributed by atoms with Crippen molar-refractivity contribution in [3.05, 3.63) is 0 Å². The molecule has 0 aromatic rings. The van der Waals surface area contributed by atoms with Crippen LogP contribution in [-0.2, 0) is 9.53 Å². The summed E-state index contributed by atoms with van der Waals surface area (Å²) in [6.07, 6.45) is 0.535. The number of rotatable bonds is 5. The van der Waals surface area contributed by atoms with Crippen molar-refractivity contribution in [1.29, 1.82) is 0 Å². The Labute approximate surface area is 90.2 Å². The Morgan fingerprint density at radius 2 is 2.47 bits per heavy atom. The third kappa shape index (κ3) is 3.77. The number of amides is 1. The monoisotopic (exact) mass is 216 g/mol. The molecule has 2 atom stereocenters. The number of likely N-dealkylation sites (tertiary alicyclic amines) is 1. The molecule has 1 rings (SSSR count). The first-order valence-corrected chi connectivity index (χ1v) is 5.38. The van der Waals surface area contributed by atoms with Crippen LogP contribution in [-0.4, -0.2) is 54.9 Å². The second kappa shape index (κ2) is 6.05. The maximum atomic E-state index is 11.6. The van der Waals surface area contributed by atoms with Gasteiger partial charge in [-0.1, -0.05) is 0 Å². The van der Waals surface area contributed by atoms with E-state index in [1.54, 1.807) is 11.8 Å². The fourth-order valence-corrected chi connectivity index (χ4v) is 1.74. The molecule has 88 valence electrons. The first kappa shape index (κ1) is 12.4. The number of aliphatic hydroxyl groups excluding tert-OH is 1. The highest BCUT2D eigenvalue weighted by molar-refractivity contribution is 5.77. The molecule has 1 aliphatic heterocycles. The zero-order chi connectivity index (χ0) is 11.3. The van der Waals surface area contributed by atoms with Gasteiger partial charge in [0.2, 0.25) is 5.91 Å². The van der Waals surface area contributed by atoms with Crippen molar-refractivity contribution in [2.24, 2.45) is 11.7 Å². The predicted molar refractivity (Wildman–Crippen MR) is 56.2 cm³/mol. The molecule has 1 heterocycles. The molecule has 0 bridgehead atoms. The van der Waals surface area contributed by atoms with E-state index in [0.29, 0.717) is 19.7 Å². The Kier molecular flexibility index (Phi) is 5.01. The van der Waals surface area contributed by atoms with Crippen LogP contribution in [0.3, 0.4) is 0 Å². The average Bonchev–Trinajstić information content (AvgIpc) is 2.66. The van der Waals surface area contributed by atoms with Crippen molar-refractivity contribution in [3.63, 3.8) is 0 Å². The molecule has 1 aliphatic rings. The van der Waals surface area contributed by atoms with E-state index in [9.17, 15) is 9.90 Å². The number of carbonyl (C=O) groups is 1. The Morgan fingerprint density at radius 3 is 3.00 bits per heavy atom. The second-order valence-electron chi connectivity index (χ2n) is 3.97.